The van der Waals surface area contributed by atoms with E-state index in [4.69, 9.17) is 5.11 Å². The van der Waals surface area contributed by atoms with Gasteiger partial charge in [0.15, 0.2) is 0 Å². The van der Waals surface area contributed by atoms with E-state index in [-0.39, 0.29) is 5.56 Å². The van der Waals surface area contributed by atoms with Crippen LogP contribution in [-0.4, -0.2) is 58.6 Å². The molecular formula is C13H19N3O2. The quantitative estimate of drug-likeness (QED) is 0.863. The predicted molar refractivity (Wildman–Crippen MR) is 68.6 cm³/mol. The van der Waals surface area contributed by atoms with Crippen LogP contribution in [0.2, 0.25) is 0 Å². The summed E-state index contributed by atoms with van der Waals surface area (Å²) in [4.78, 5) is 19.6. The molecule has 1 fully saturated rings. The molecule has 5 heteroatoms. The molecule has 0 amide bonds. The first-order valence-electron chi connectivity index (χ1n) is 6.17. The normalized spacial score (nSPS) is 22.0. The third-order valence-electron chi connectivity index (χ3n) is 3.40. The van der Waals surface area contributed by atoms with Gasteiger partial charge in [-0.2, -0.15) is 0 Å². The van der Waals surface area contributed by atoms with Gasteiger partial charge >= 0.3 is 5.97 Å². The molecule has 1 saturated heterocycles. The zero-order chi connectivity index (χ0) is 13.1. The third-order valence-corrected chi connectivity index (χ3v) is 3.40. The average Bonchev–Trinajstić information content (AvgIpc) is 2.33. The monoisotopic (exact) mass is 249 g/mol. The van der Waals surface area contributed by atoms with Crippen LogP contribution < -0.4 is 0 Å². The Morgan fingerprint density at radius 1 is 1.50 bits per heavy atom. The highest BCUT2D eigenvalue weighted by molar-refractivity contribution is 5.87. The summed E-state index contributed by atoms with van der Waals surface area (Å²) in [7, 11) is 2.13. The van der Waals surface area contributed by atoms with E-state index < -0.39 is 5.97 Å². The van der Waals surface area contributed by atoms with Crippen molar-refractivity contribution >= 4 is 5.97 Å². The standard InChI is InChI=1S/C13H19N3O2/c1-10-8-15(2)5-6-16(10)9-12-4-3-11(7-14-12)13(17)18/h3-4,7,10H,5-6,8-9H2,1-2H3,(H,17,18). The number of piperazine rings is 1. The fourth-order valence-corrected chi connectivity index (χ4v) is 2.26. The molecule has 0 bridgehead atoms. The second-order valence-electron chi connectivity index (χ2n) is 4.93. The highest BCUT2D eigenvalue weighted by Gasteiger charge is 2.21. The minimum atomic E-state index is -0.929. The van der Waals surface area contributed by atoms with Gasteiger partial charge in [0.2, 0.25) is 0 Å². The average molecular weight is 249 g/mol. The second-order valence-corrected chi connectivity index (χ2v) is 4.93. The van der Waals surface area contributed by atoms with Crippen LogP contribution in [0.4, 0.5) is 0 Å². The largest absolute Gasteiger partial charge is 0.478 e. The van der Waals surface area contributed by atoms with E-state index >= 15 is 0 Å². The van der Waals surface area contributed by atoms with Crippen molar-refractivity contribution in [2.75, 3.05) is 26.7 Å². The Morgan fingerprint density at radius 2 is 2.28 bits per heavy atom. The van der Waals surface area contributed by atoms with Crippen LogP contribution in [0, 0.1) is 0 Å². The summed E-state index contributed by atoms with van der Waals surface area (Å²) in [5.74, 6) is -0.929. The number of aromatic nitrogens is 1. The lowest BCUT2D eigenvalue weighted by molar-refractivity contribution is 0.0696. The summed E-state index contributed by atoms with van der Waals surface area (Å²) in [6, 6.07) is 3.92. The van der Waals surface area contributed by atoms with Gasteiger partial charge in [0.05, 0.1) is 11.3 Å². The summed E-state index contributed by atoms with van der Waals surface area (Å²) in [6.07, 6.45) is 1.43. The summed E-state index contributed by atoms with van der Waals surface area (Å²) >= 11 is 0. The lowest BCUT2D eigenvalue weighted by Crippen LogP contribution is -2.49. The van der Waals surface area contributed by atoms with Gasteiger partial charge in [-0.05, 0) is 26.1 Å². The van der Waals surface area contributed by atoms with Crippen LogP contribution in [0.5, 0.6) is 0 Å². The SMILES string of the molecule is CC1CN(C)CCN1Cc1ccc(C(=O)O)cn1. The van der Waals surface area contributed by atoms with E-state index in [9.17, 15) is 4.79 Å². The first kappa shape index (κ1) is 13.0. The summed E-state index contributed by atoms with van der Waals surface area (Å²) in [6.45, 7) is 6.15. The molecule has 5 nitrogen and oxygen atoms in total. The smallest absolute Gasteiger partial charge is 0.337 e. The van der Waals surface area contributed by atoms with Crippen LogP contribution >= 0.6 is 0 Å². The number of hydrogen-bond donors (Lipinski definition) is 1. The number of aromatic carboxylic acids is 1. The minimum absolute atomic E-state index is 0.241. The molecule has 0 saturated carbocycles. The molecule has 18 heavy (non-hydrogen) atoms. The Balaban J connectivity index is 1.99. The van der Waals surface area contributed by atoms with Gasteiger partial charge in [0.1, 0.15) is 0 Å². The molecule has 98 valence electrons. The highest BCUT2D eigenvalue weighted by atomic mass is 16.4. The molecule has 0 spiro atoms. The van der Waals surface area contributed by atoms with Gasteiger partial charge in [-0.15, -0.1) is 0 Å². The van der Waals surface area contributed by atoms with E-state index in [1.54, 1.807) is 12.1 Å². The third kappa shape index (κ3) is 3.05. The Hall–Kier alpha value is -1.46. The summed E-state index contributed by atoms with van der Waals surface area (Å²) in [5, 5.41) is 8.81. The maximum Gasteiger partial charge on any atom is 0.337 e. The fourth-order valence-electron chi connectivity index (χ4n) is 2.26. The van der Waals surface area contributed by atoms with E-state index in [2.05, 4.69) is 28.8 Å². The number of nitrogens with zero attached hydrogens (tertiary/aromatic N) is 3. The molecule has 1 aromatic heterocycles. The van der Waals surface area contributed by atoms with Crippen molar-refractivity contribution in [3.63, 3.8) is 0 Å². The van der Waals surface area contributed by atoms with Gasteiger partial charge in [-0.3, -0.25) is 9.88 Å². The molecular weight excluding hydrogens is 230 g/mol. The lowest BCUT2D eigenvalue weighted by Gasteiger charge is -2.37. The highest BCUT2D eigenvalue weighted by Crippen LogP contribution is 2.12. The van der Waals surface area contributed by atoms with Gasteiger partial charge in [0.25, 0.3) is 0 Å². The second kappa shape index (κ2) is 5.46. The zero-order valence-corrected chi connectivity index (χ0v) is 10.8. The summed E-state index contributed by atoms with van der Waals surface area (Å²) in [5.41, 5.74) is 1.17. The van der Waals surface area contributed by atoms with Gasteiger partial charge in [0, 0.05) is 38.4 Å². The van der Waals surface area contributed by atoms with Crippen LogP contribution in [0.1, 0.15) is 23.0 Å². The number of pyridine rings is 1. The van der Waals surface area contributed by atoms with Crippen molar-refractivity contribution in [2.24, 2.45) is 0 Å². The van der Waals surface area contributed by atoms with Crippen LogP contribution in [-0.2, 0) is 6.54 Å². The Bertz CT molecular complexity index is 419. The minimum Gasteiger partial charge on any atom is -0.478 e. The molecule has 1 aliphatic heterocycles. The van der Waals surface area contributed by atoms with E-state index in [1.807, 2.05) is 0 Å². The van der Waals surface area contributed by atoms with Gasteiger partial charge in [-0.25, -0.2) is 4.79 Å². The molecule has 0 aromatic carbocycles. The molecule has 2 heterocycles. The molecule has 1 atom stereocenters. The van der Waals surface area contributed by atoms with Gasteiger partial charge < -0.3 is 10.0 Å². The maximum atomic E-state index is 10.7. The Kier molecular flexibility index (Phi) is 3.93. The molecule has 1 N–H and O–H groups in total. The molecule has 0 aliphatic carbocycles. The number of rotatable bonds is 3. The van der Waals surface area contributed by atoms with E-state index in [1.165, 1.54) is 6.20 Å². The zero-order valence-electron chi connectivity index (χ0n) is 10.8. The molecule has 1 aliphatic rings. The summed E-state index contributed by atoms with van der Waals surface area (Å²) < 4.78 is 0. The number of hydrogen-bond acceptors (Lipinski definition) is 4. The van der Waals surface area contributed by atoms with Crippen molar-refractivity contribution in [1.82, 2.24) is 14.8 Å². The Morgan fingerprint density at radius 3 is 2.83 bits per heavy atom. The van der Waals surface area contributed by atoms with Crippen LogP contribution in [0.3, 0.4) is 0 Å². The first-order valence-corrected chi connectivity index (χ1v) is 6.17. The Labute approximate surface area is 107 Å². The number of carboxylic acid groups (broad SMARTS) is 1. The molecule has 1 aromatic rings. The number of carboxylic acids is 1. The number of carbonyl (C=O) groups is 1. The fraction of sp³-hybridized carbons (Fsp3) is 0.538. The molecule has 2 rings (SSSR count). The van der Waals surface area contributed by atoms with E-state index in [0.29, 0.717) is 6.04 Å². The van der Waals surface area contributed by atoms with Gasteiger partial charge in [-0.1, -0.05) is 0 Å². The van der Waals surface area contributed by atoms with Crippen LogP contribution in [0.15, 0.2) is 18.3 Å². The van der Waals surface area contributed by atoms with Crippen molar-refractivity contribution in [1.29, 1.82) is 0 Å². The topological polar surface area (TPSA) is 56.7 Å². The first-order chi connectivity index (χ1) is 8.56. The lowest BCUT2D eigenvalue weighted by atomic mass is 10.2. The van der Waals surface area contributed by atoms with E-state index in [0.717, 1.165) is 31.9 Å². The van der Waals surface area contributed by atoms with Crippen molar-refractivity contribution in [3.8, 4) is 0 Å². The molecule has 0 radical (unpaired) electrons. The molecule has 1 unspecified atom stereocenters. The van der Waals surface area contributed by atoms with Crippen molar-refractivity contribution in [3.05, 3.63) is 29.6 Å². The maximum absolute atomic E-state index is 10.7. The van der Waals surface area contributed by atoms with Crippen molar-refractivity contribution in [2.45, 2.75) is 19.5 Å². The predicted octanol–water partition coefficient (Wildman–Crippen LogP) is 0.916. The van der Waals surface area contributed by atoms with Crippen molar-refractivity contribution < 1.29 is 9.90 Å². The van der Waals surface area contributed by atoms with Crippen LogP contribution in [0.25, 0.3) is 0 Å². The number of likely N-dealkylation sites (N-methyl/N-ethyl adjacent to an activating group) is 1.